The average molecular weight is 512 g/mol. The Labute approximate surface area is 194 Å². The Balaban J connectivity index is 1.83. The number of halogens is 1. The third-order valence-electron chi connectivity index (χ3n) is 5.04. The summed E-state index contributed by atoms with van der Waals surface area (Å²) in [5, 5.41) is 5.19. The van der Waals surface area contributed by atoms with Gasteiger partial charge in [0.25, 0.3) is 5.91 Å². The summed E-state index contributed by atoms with van der Waals surface area (Å²) in [7, 11) is 0. The highest BCUT2D eigenvalue weighted by Crippen LogP contribution is 2.40. The minimum absolute atomic E-state index is 0.159. The molecule has 0 radical (unpaired) electrons. The molecule has 1 amide bonds. The van der Waals surface area contributed by atoms with Gasteiger partial charge in [-0.2, -0.15) is 0 Å². The van der Waals surface area contributed by atoms with Gasteiger partial charge in [0.1, 0.15) is 0 Å². The van der Waals surface area contributed by atoms with Crippen molar-refractivity contribution in [2.45, 2.75) is 11.3 Å². The second-order valence-electron chi connectivity index (χ2n) is 6.83. The molecule has 31 heavy (non-hydrogen) atoms. The Morgan fingerprint density at radius 1 is 1.13 bits per heavy atom. The number of anilines is 1. The summed E-state index contributed by atoms with van der Waals surface area (Å²) in [5.41, 5.74) is 2.10. The van der Waals surface area contributed by atoms with Crippen LogP contribution in [0.5, 0.6) is 0 Å². The van der Waals surface area contributed by atoms with Gasteiger partial charge in [-0.1, -0.05) is 42.1 Å². The molecule has 0 spiro atoms. The van der Waals surface area contributed by atoms with E-state index in [9.17, 15) is 9.59 Å². The van der Waals surface area contributed by atoms with Crippen LogP contribution >= 0.6 is 39.0 Å². The van der Waals surface area contributed by atoms with Gasteiger partial charge in [0.15, 0.2) is 0 Å². The minimum Gasteiger partial charge on any atom is -0.291 e. The summed E-state index contributed by atoms with van der Waals surface area (Å²) in [4.78, 5) is 32.3. The zero-order valence-corrected chi connectivity index (χ0v) is 19.5. The van der Waals surface area contributed by atoms with Gasteiger partial charge in [0, 0.05) is 10.7 Å². The summed E-state index contributed by atoms with van der Waals surface area (Å²) >= 11 is 6.39. The molecule has 2 aromatic heterocycles. The first-order valence-electron chi connectivity index (χ1n) is 9.42. The third-order valence-corrected chi connectivity index (χ3v) is 7.27. The number of carbonyl (C=O) groups excluding carboxylic acids is 1. The largest absolute Gasteiger partial charge is 0.325 e. The number of fused-ring (bicyclic) bond motifs is 3. The van der Waals surface area contributed by atoms with E-state index in [4.69, 9.17) is 5.10 Å². The summed E-state index contributed by atoms with van der Waals surface area (Å²) < 4.78 is 2.61. The lowest BCUT2D eigenvalue weighted by molar-refractivity contribution is -0.762. The number of hydrogen-bond acceptors (Lipinski definition) is 5. The van der Waals surface area contributed by atoms with Crippen LogP contribution in [0.2, 0.25) is 0 Å². The lowest BCUT2D eigenvalue weighted by Crippen LogP contribution is -2.60. The van der Waals surface area contributed by atoms with E-state index in [0.717, 1.165) is 8.66 Å². The topological polar surface area (TPSA) is 69.9 Å². The van der Waals surface area contributed by atoms with E-state index >= 15 is 0 Å². The van der Waals surface area contributed by atoms with Crippen LogP contribution in [0.4, 0.5) is 5.69 Å². The first kappa shape index (κ1) is 20.2. The molecule has 2 aromatic carbocycles. The van der Waals surface area contributed by atoms with Gasteiger partial charge in [-0.05, 0) is 63.3 Å². The van der Waals surface area contributed by atoms with Crippen molar-refractivity contribution in [1.29, 1.82) is 0 Å². The molecule has 1 atom stereocenters. The number of thiophene rings is 1. The molecule has 6 nitrogen and oxygen atoms in total. The molecular weight excluding hydrogens is 496 g/mol. The standard InChI is InChI=1S/C22H15BrN4O2S2/c1-30-22-24-19(28)18-14-9-5-6-10-15(14)26(21(29)13-7-3-2-4-8-13)20(27(18)25-22)16-11-12-17(23)31-16/h2-12,20H,1H3/p+1/t20-/m1/s1. The molecule has 5 rings (SSSR count). The van der Waals surface area contributed by atoms with Gasteiger partial charge < -0.3 is 0 Å². The van der Waals surface area contributed by atoms with Crippen LogP contribution in [-0.2, 0) is 0 Å². The quantitative estimate of drug-likeness (QED) is 0.325. The van der Waals surface area contributed by atoms with Crippen molar-refractivity contribution in [3.05, 3.63) is 91.3 Å². The van der Waals surface area contributed by atoms with Gasteiger partial charge >= 0.3 is 17.4 Å². The number of benzene rings is 2. The first-order valence-corrected chi connectivity index (χ1v) is 12.3. The predicted molar refractivity (Wildman–Crippen MR) is 126 cm³/mol. The average Bonchev–Trinajstić information content (AvgIpc) is 3.23. The maximum atomic E-state index is 13.8. The number of nitrogens with one attached hydrogen (secondary N) is 1. The number of nitrogens with zero attached hydrogens (tertiary/aromatic N) is 3. The second-order valence-corrected chi connectivity index (χ2v) is 10.1. The van der Waals surface area contributed by atoms with Crippen molar-refractivity contribution in [2.75, 3.05) is 11.2 Å². The summed E-state index contributed by atoms with van der Waals surface area (Å²) in [6.45, 7) is 0. The fraction of sp³-hybridized carbons (Fsp3) is 0.0909. The molecule has 0 saturated carbocycles. The number of rotatable bonds is 3. The minimum atomic E-state index is -0.595. The zero-order valence-electron chi connectivity index (χ0n) is 16.3. The molecule has 0 unspecified atom stereocenters. The van der Waals surface area contributed by atoms with Crippen molar-refractivity contribution in [3.8, 4) is 11.3 Å². The molecule has 1 N–H and O–H groups in total. The maximum Gasteiger partial charge on any atom is 0.325 e. The van der Waals surface area contributed by atoms with Crippen molar-refractivity contribution in [2.24, 2.45) is 0 Å². The molecule has 1 aliphatic rings. The number of amides is 1. The number of carbonyl (C=O) groups is 1. The normalized spacial score (nSPS) is 14.8. The SMILES string of the molecule is CSc1n[n+]2c(c(=O)[nH]1)-c1ccccc1N(C(=O)c1ccccc1)[C@H]2c1ccc(Br)s1. The number of thioether (sulfide) groups is 1. The van der Waals surface area contributed by atoms with Gasteiger partial charge in [0.2, 0.25) is 5.16 Å². The van der Waals surface area contributed by atoms with Crippen molar-refractivity contribution in [3.63, 3.8) is 0 Å². The number of aromatic amines is 1. The number of aromatic nitrogens is 3. The second kappa shape index (κ2) is 8.07. The van der Waals surface area contributed by atoms with E-state index in [0.29, 0.717) is 27.7 Å². The molecule has 0 saturated heterocycles. The van der Waals surface area contributed by atoms with Crippen molar-refractivity contribution < 1.29 is 9.48 Å². The summed E-state index contributed by atoms with van der Waals surface area (Å²) in [6, 6.07) is 20.5. The van der Waals surface area contributed by atoms with Crippen LogP contribution in [-0.4, -0.2) is 22.2 Å². The summed E-state index contributed by atoms with van der Waals surface area (Å²) in [6.07, 6.45) is 1.26. The van der Waals surface area contributed by atoms with E-state index in [1.54, 1.807) is 21.7 Å². The molecule has 154 valence electrons. The van der Waals surface area contributed by atoms with Crippen LogP contribution in [0, 0.1) is 0 Å². The molecular formula is C22H16BrN4O2S2+. The highest BCUT2D eigenvalue weighted by atomic mass is 79.9. The van der Waals surface area contributed by atoms with Crippen LogP contribution in [0.25, 0.3) is 11.3 Å². The molecule has 0 aliphatic carbocycles. The maximum absolute atomic E-state index is 13.8. The summed E-state index contributed by atoms with van der Waals surface area (Å²) in [5.74, 6) is -0.159. The third kappa shape index (κ3) is 3.42. The van der Waals surface area contributed by atoms with E-state index in [-0.39, 0.29) is 11.5 Å². The Morgan fingerprint density at radius 3 is 2.58 bits per heavy atom. The van der Waals surface area contributed by atoms with Gasteiger partial charge in [-0.3, -0.25) is 14.6 Å². The van der Waals surface area contributed by atoms with E-state index in [1.807, 2.05) is 60.9 Å². The Hall–Kier alpha value is -2.75. The lowest BCUT2D eigenvalue weighted by atomic mass is 10.0. The van der Waals surface area contributed by atoms with Crippen LogP contribution in [0.1, 0.15) is 21.4 Å². The Kier molecular flexibility index (Phi) is 5.25. The number of hydrogen-bond donors (Lipinski definition) is 1. The Morgan fingerprint density at radius 2 is 1.87 bits per heavy atom. The number of para-hydroxylation sites is 1. The first-order chi connectivity index (χ1) is 15.1. The van der Waals surface area contributed by atoms with Crippen LogP contribution in [0.15, 0.2) is 80.5 Å². The van der Waals surface area contributed by atoms with Crippen molar-refractivity contribution in [1.82, 2.24) is 10.1 Å². The fourth-order valence-electron chi connectivity index (χ4n) is 3.73. The fourth-order valence-corrected chi connectivity index (χ4v) is 5.59. The van der Waals surface area contributed by atoms with E-state index in [1.165, 1.54) is 23.1 Å². The monoisotopic (exact) mass is 511 g/mol. The Bertz CT molecular complexity index is 1350. The van der Waals surface area contributed by atoms with Crippen LogP contribution < -0.4 is 15.1 Å². The zero-order chi connectivity index (χ0) is 21.5. The lowest BCUT2D eigenvalue weighted by Gasteiger charge is -2.31. The van der Waals surface area contributed by atoms with Crippen LogP contribution in [0.3, 0.4) is 0 Å². The molecule has 0 fully saturated rings. The molecule has 9 heteroatoms. The molecule has 1 aliphatic heterocycles. The molecule has 3 heterocycles. The highest BCUT2D eigenvalue weighted by Gasteiger charge is 2.46. The van der Waals surface area contributed by atoms with Gasteiger partial charge in [0.05, 0.1) is 19.9 Å². The van der Waals surface area contributed by atoms with Gasteiger partial charge in [-0.15, -0.1) is 11.3 Å². The van der Waals surface area contributed by atoms with E-state index in [2.05, 4.69) is 20.9 Å². The van der Waals surface area contributed by atoms with Gasteiger partial charge in [-0.25, -0.2) is 4.90 Å². The van der Waals surface area contributed by atoms with Crippen molar-refractivity contribution >= 4 is 50.6 Å². The molecule has 4 aromatic rings. The van der Waals surface area contributed by atoms with E-state index < -0.39 is 6.17 Å². The predicted octanol–water partition coefficient (Wildman–Crippen LogP) is 4.48. The number of H-pyrrole nitrogens is 1. The molecule has 0 bridgehead atoms. The highest BCUT2D eigenvalue weighted by molar-refractivity contribution is 9.11. The smallest absolute Gasteiger partial charge is 0.291 e.